The average molecular weight is 275 g/mol. The molecule has 84 valence electrons. The topological polar surface area (TPSA) is 68.3 Å². The number of amides is 1. The van der Waals surface area contributed by atoms with Crippen molar-refractivity contribution in [3.05, 3.63) is 22.6 Å². The van der Waals surface area contributed by atoms with Crippen molar-refractivity contribution >= 4 is 21.8 Å². The smallest absolute Gasteiger partial charge is 0.218 e. The van der Waals surface area contributed by atoms with Gasteiger partial charge in [-0.25, -0.2) is 0 Å². The van der Waals surface area contributed by atoms with Crippen molar-refractivity contribution in [2.45, 2.75) is 32.4 Å². The maximum atomic E-state index is 10.7. The Morgan fingerprint density at radius 1 is 1.60 bits per heavy atom. The highest BCUT2D eigenvalue weighted by atomic mass is 79.9. The van der Waals surface area contributed by atoms with Crippen molar-refractivity contribution < 1.29 is 9.21 Å². The molecule has 0 aromatic carbocycles. The molecular formula is C10H15BrN2O2. The maximum absolute atomic E-state index is 10.7. The lowest BCUT2D eigenvalue weighted by Crippen LogP contribution is -2.32. The fraction of sp³-hybridized carbons (Fsp3) is 0.500. The Hall–Kier alpha value is -0.810. The molecule has 3 N–H and O–H groups in total. The molecule has 1 aromatic rings. The van der Waals surface area contributed by atoms with E-state index in [2.05, 4.69) is 21.2 Å². The molecule has 2 atom stereocenters. The normalized spacial score (nSPS) is 14.9. The summed E-state index contributed by atoms with van der Waals surface area (Å²) in [5, 5.41) is 3.23. The average Bonchev–Trinajstić information content (AvgIpc) is 2.49. The van der Waals surface area contributed by atoms with Crippen molar-refractivity contribution in [3.63, 3.8) is 0 Å². The van der Waals surface area contributed by atoms with Crippen LogP contribution < -0.4 is 11.1 Å². The lowest BCUT2D eigenvalue weighted by atomic mass is 10.2. The molecule has 0 aliphatic carbocycles. The van der Waals surface area contributed by atoms with Gasteiger partial charge in [-0.15, -0.1) is 0 Å². The number of carbonyl (C=O) groups is 1. The molecule has 0 bridgehead atoms. The van der Waals surface area contributed by atoms with Gasteiger partial charge in [0.2, 0.25) is 5.91 Å². The Morgan fingerprint density at radius 3 is 2.73 bits per heavy atom. The first-order valence-corrected chi connectivity index (χ1v) is 5.58. The molecular weight excluding hydrogens is 260 g/mol. The maximum Gasteiger partial charge on any atom is 0.218 e. The highest BCUT2D eigenvalue weighted by Gasteiger charge is 2.13. The predicted molar refractivity (Wildman–Crippen MR) is 61.2 cm³/mol. The molecule has 4 nitrogen and oxygen atoms in total. The number of carbonyl (C=O) groups excluding carboxylic acids is 1. The molecule has 0 aliphatic heterocycles. The van der Waals surface area contributed by atoms with Gasteiger partial charge in [0.15, 0.2) is 4.67 Å². The Labute approximate surface area is 97.3 Å². The van der Waals surface area contributed by atoms with Gasteiger partial charge in [0.05, 0.1) is 6.04 Å². The summed E-state index contributed by atoms with van der Waals surface area (Å²) in [5.41, 5.74) is 5.10. The minimum absolute atomic E-state index is 0.0429. The van der Waals surface area contributed by atoms with Crippen LogP contribution in [-0.2, 0) is 4.79 Å². The van der Waals surface area contributed by atoms with Gasteiger partial charge in [0.1, 0.15) is 5.76 Å². The van der Waals surface area contributed by atoms with Crippen molar-refractivity contribution in [1.29, 1.82) is 0 Å². The minimum Gasteiger partial charge on any atom is -0.453 e. The molecule has 0 saturated heterocycles. The zero-order valence-electron chi connectivity index (χ0n) is 8.79. The van der Waals surface area contributed by atoms with E-state index in [-0.39, 0.29) is 18.0 Å². The molecule has 0 fully saturated rings. The zero-order valence-corrected chi connectivity index (χ0v) is 10.4. The molecule has 0 radical (unpaired) electrons. The van der Waals surface area contributed by atoms with Gasteiger partial charge in [-0.05, 0) is 41.9 Å². The number of hydrogen-bond acceptors (Lipinski definition) is 3. The third kappa shape index (κ3) is 4.05. The Kier molecular flexibility index (Phi) is 4.35. The van der Waals surface area contributed by atoms with Gasteiger partial charge in [-0.2, -0.15) is 0 Å². The summed E-state index contributed by atoms with van der Waals surface area (Å²) in [6.45, 7) is 3.89. The zero-order chi connectivity index (χ0) is 11.4. The molecule has 15 heavy (non-hydrogen) atoms. The van der Waals surface area contributed by atoms with Crippen LogP contribution in [0, 0.1) is 0 Å². The molecule has 1 rings (SSSR count). The van der Waals surface area contributed by atoms with Gasteiger partial charge in [-0.1, -0.05) is 0 Å². The van der Waals surface area contributed by atoms with Crippen LogP contribution in [0.3, 0.4) is 0 Å². The largest absolute Gasteiger partial charge is 0.453 e. The first kappa shape index (κ1) is 12.3. The van der Waals surface area contributed by atoms with Crippen molar-refractivity contribution in [2.24, 2.45) is 5.73 Å². The van der Waals surface area contributed by atoms with Gasteiger partial charge >= 0.3 is 0 Å². The van der Waals surface area contributed by atoms with Crippen LogP contribution in [0.25, 0.3) is 0 Å². The van der Waals surface area contributed by atoms with Crippen molar-refractivity contribution in [2.75, 3.05) is 0 Å². The standard InChI is InChI=1S/C10H15BrN2O2/c1-6(5-10(12)14)13-7(2)8-3-4-9(11)15-8/h3-4,6-7,13H,5H2,1-2H3,(H2,12,14). The summed E-state index contributed by atoms with van der Waals surface area (Å²) in [6.07, 6.45) is 0.326. The second kappa shape index (κ2) is 5.32. The van der Waals surface area contributed by atoms with E-state index >= 15 is 0 Å². The van der Waals surface area contributed by atoms with Gasteiger partial charge < -0.3 is 15.5 Å². The van der Waals surface area contributed by atoms with Gasteiger partial charge in [0.25, 0.3) is 0 Å². The number of nitrogens with one attached hydrogen (secondary N) is 1. The first-order valence-electron chi connectivity index (χ1n) is 4.78. The minimum atomic E-state index is -0.303. The van der Waals surface area contributed by atoms with E-state index < -0.39 is 0 Å². The Morgan fingerprint density at radius 2 is 2.27 bits per heavy atom. The molecule has 1 aromatic heterocycles. The molecule has 5 heteroatoms. The summed E-state index contributed by atoms with van der Waals surface area (Å²) >= 11 is 3.24. The predicted octanol–water partition coefficient (Wildman–Crippen LogP) is 1.96. The van der Waals surface area contributed by atoms with Gasteiger partial charge in [0, 0.05) is 12.5 Å². The molecule has 0 spiro atoms. The van der Waals surface area contributed by atoms with Crippen LogP contribution in [0.5, 0.6) is 0 Å². The van der Waals surface area contributed by atoms with E-state index in [1.165, 1.54) is 0 Å². The summed E-state index contributed by atoms with van der Waals surface area (Å²) in [7, 11) is 0. The van der Waals surface area contributed by atoms with E-state index in [4.69, 9.17) is 10.2 Å². The molecule has 1 heterocycles. The van der Waals surface area contributed by atoms with Gasteiger partial charge in [-0.3, -0.25) is 4.79 Å². The summed E-state index contributed by atoms with van der Waals surface area (Å²) in [6, 6.07) is 3.83. The quantitative estimate of drug-likeness (QED) is 0.863. The monoisotopic (exact) mass is 274 g/mol. The molecule has 2 unspecified atom stereocenters. The van der Waals surface area contributed by atoms with Crippen molar-refractivity contribution in [1.82, 2.24) is 5.32 Å². The van der Waals surface area contributed by atoms with Crippen molar-refractivity contribution in [3.8, 4) is 0 Å². The molecule has 0 aliphatic rings. The summed E-state index contributed by atoms with van der Waals surface area (Å²) in [5.74, 6) is 0.529. The highest BCUT2D eigenvalue weighted by Crippen LogP contribution is 2.20. The third-order valence-electron chi connectivity index (χ3n) is 2.06. The number of rotatable bonds is 5. The third-order valence-corrected chi connectivity index (χ3v) is 2.49. The Bertz CT molecular complexity index is 338. The van der Waals surface area contributed by atoms with E-state index in [1.807, 2.05) is 26.0 Å². The number of hydrogen-bond donors (Lipinski definition) is 2. The SMILES string of the molecule is CC(CC(N)=O)NC(C)c1ccc(Br)o1. The van der Waals surface area contributed by atoms with Crippen LogP contribution in [0.15, 0.2) is 21.2 Å². The summed E-state index contributed by atoms with van der Waals surface area (Å²) < 4.78 is 6.09. The van der Waals surface area contributed by atoms with Crippen LogP contribution >= 0.6 is 15.9 Å². The number of primary amides is 1. The van der Waals surface area contributed by atoms with E-state index in [0.717, 1.165) is 5.76 Å². The van der Waals surface area contributed by atoms with Crippen LogP contribution in [0.1, 0.15) is 32.1 Å². The van der Waals surface area contributed by atoms with Crippen LogP contribution in [-0.4, -0.2) is 11.9 Å². The second-order valence-electron chi connectivity index (χ2n) is 3.60. The first-order chi connectivity index (χ1) is 6.99. The van der Waals surface area contributed by atoms with Crippen LogP contribution in [0.2, 0.25) is 0 Å². The lowest BCUT2D eigenvalue weighted by Gasteiger charge is -2.16. The fourth-order valence-corrected chi connectivity index (χ4v) is 1.75. The fourth-order valence-electron chi connectivity index (χ4n) is 1.43. The van der Waals surface area contributed by atoms with E-state index in [9.17, 15) is 4.79 Å². The van der Waals surface area contributed by atoms with Crippen LogP contribution in [0.4, 0.5) is 0 Å². The van der Waals surface area contributed by atoms with E-state index in [1.54, 1.807) is 0 Å². The van der Waals surface area contributed by atoms with E-state index in [0.29, 0.717) is 11.1 Å². The second-order valence-corrected chi connectivity index (χ2v) is 4.38. The number of furan rings is 1. The lowest BCUT2D eigenvalue weighted by molar-refractivity contribution is -0.118. The Balaban J connectivity index is 2.48. The molecule has 1 amide bonds. The molecule has 0 saturated carbocycles. The number of halogens is 1. The summed E-state index contributed by atoms with van der Waals surface area (Å²) in [4.78, 5) is 10.7. The number of nitrogens with two attached hydrogens (primary N) is 1. The highest BCUT2D eigenvalue weighted by molar-refractivity contribution is 9.10.